The van der Waals surface area contributed by atoms with Crippen LogP contribution in [0.2, 0.25) is 0 Å². The summed E-state index contributed by atoms with van der Waals surface area (Å²) in [6.07, 6.45) is 1.09. The normalized spacial score (nSPS) is 25.1. The van der Waals surface area contributed by atoms with Crippen LogP contribution in [0.5, 0.6) is 0 Å². The monoisotopic (exact) mass is 376 g/mol. The van der Waals surface area contributed by atoms with Crippen LogP contribution in [0.15, 0.2) is 30.3 Å². The zero-order valence-corrected chi connectivity index (χ0v) is 16.1. The van der Waals surface area contributed by atoms with Crippen molar-refractivity contribution >= 4 is 29.5 Å². The number of fused-ring (bicyclic) bond motifs is 1. The maximum absolute atomic E-state index is 12.6. The van der Waals surface area contributed by atoms with Crippen molar-refractivity contribution in [3.63, 3.8) is 0 Å². The lowest BCUT2D eigenvalue weighted by molar-refractivity contribution is -0.156. The van der Waals surface area contributed by atoms with E-state index in [9.17, 15) is 14.4 Å². The van der Waals surface area contributed by atoms with E-state index in [-0.39, 0.29) is 24.0 Å². The van der Waals surface area contributed by atoms with E-state index in [1.807, 2.05) is 51.1 Å². The average molecular weight is 376 g/mol. The molecule has 0 bridgehead atoms. The topological polar surface area (TPSA) is 75.7 Å². The maximum atomic E-state index is 12.6. The van der Waals surface area contributed by atoms with Crippen molar-refractivity contribution in [3.8, 4) is 0 Å². The van der Waals surface area contributed by atoms with Gasteiger partial charge in [0, 0.05) is 17.7 Å². The summed E-state index contributed by atoms with van der Waals surface area (Å²) >= 11 is 1.60. The van der Waals surface area contributed by atoms with Crippen molar-refractivity contribution in [2.45, 2.75) is 50.1 Å². The van der Waals surface area contributed by atoms with E-state index in [1.165, 1.54) is 0 Å². The molecule has 0 radical (unpaired) electrons. The molecule has 1 aromatic rings. The molecule has 0 aliphatic carbocycles. The molecule has 26 heavy (non-hydrogen) atoms. The van der Waals surface area contributed by atoms with Crippen LogP contribution < -0.4 is 5.32 Å². The molecule has 2 saturated heterocycles. The Morgan fingerprint density at radius 2 is 2.00 bits per heavy atom. The van der Waals surface area contributed by atoms with Gasteiger partial charge in [-0.25, -0.2) is 4.79 Å². The molecule has 0 saturated carbocycles. The second kappa shape index (κ2) is 6.95. The van der Waals surface area contributed by atoms with Crippen LogP contribution in [0, 0.1) is 0 Å². The van der Waals surface area contributed by atoms with Gasteiger partial charge in [-0.3, -0.25) is 9.59 Å². The highest BCUT2D eigenvalue weighted by Crippen LogP contribution is 2.54. The van der Waals surface area contributed by atoms with Gasteiger partial charge in [0.15, 0.2) is 6.61 Å². The molecule has 7 heteroatoms. The van der Waals surface area contributed by atoms with Crippen molar-refractivity contribution < 1.29 is 19.1 Å². The van der Waals surface area contributed by atoms with Crippen LogP contribution in [0.1, 0.15) is 39.2 Å². The first kappa shape index (κ1) is 18.8. The summed E-state index contributed by atoms with van der Waals surface area (Å²) in [6.45, 7) is 5.24. The largest absolute Gasteiger partial charge is 0.454 e. The predicted octanol–water partition coefficient (Wildman–Crippen LogP) is 2.04. The third kappa shape index (κ3) is 3.58. The summed E-state index contributed by atoms with van der Waals surface area (Å²) in [5.41, 5.74) is 0.636. The Hall–Kier alpha value is -2.02. The Labute approximate surface area is 157 Å². The third-order valence-corrected chi connectivity index (χ3v) is 6.08. The molecule has 3 rings (SSSR count). The molecule has 2 aliphatic rings. The Morgan fingerprint density at radius 3 is 2.65 bits per heavy atom. The molecule has 140 valence electrons. The van der Waals surface area contributed by atoms with Gasteiger partial charge in [0.1, 0.15) is 10.9 Å². The molecule has 0 unspecified atom stereocenters. The zero-order valence-electron chi connectivity index (χ0n) is 15.3. The Bertz CT molecular complexity index is 716. The summed E-state index contributed by atoms with van der Waals surface area (Å²) in [6, 6.07) is 9.13. The van der Waals surface area contributed by atoms with E-state index in [0.717, 1.165) is 5.56 Å². The molecular weight excluding hydrogens is 352 g/mol. The number of benzene rings is 1. The lowest BCUT2D eigenvalue weighted by Gasteiger charge is -2.33. The minimum atomic E-state index is -0.655. The lowest BCUT2D eigenvalue weighted by Crippen LogP contribution is -2.48. The number of esters is 1. The van der Waals surface area contributed by atoms with Crippen LogP contribution in [0.3, 0.4) is 0 Å². The van der Waals surface area contributed by atoms with Crippen molar-refractivity contribution in [1.29, 1.82) is 0 Å². The number of hydrogen-bond acceptors (Lipinski definition) is 5. The van der Waals surface area contributed by atoms with Gasteiger partial charge in [0.25, 0.3) is 5.91 Å². The standard InChI is InChI=1S/C19H24N2O4S/c1-18(2,3)20-15(22)11-25-17(24)14-12-26-19(10-9-16(23)21(14)19)13-7-5-4-6-8-13/h4-8,14H,9-12H2,1-3H3,(H,20,22)/t14-,19-/m1/s1. The second-order valence-corrected chi connectivity index (χ2v) is 8.94. The summed E-state index contributed by atoms with van der Waals surface area (Å²) in [5.74, 6) is -0.437. The molecule has 2 atom stereocenters. The van der Waals surface area contributed by atoms with Gasteiger partial charge in [-0.2, -0.15) is 0 Å². The maximum Gasteiger partial charge on any atom is 0.330 e. The highest BCUT2D eigenvalue weighted by atomic mass is 32.2. The van der Waals surface area contributed by atoms with Crippen LogP contribution in [-0.2, 0) is 24.0 Å². The van der Waals surface area contributed by atoms with Gasteiger partial charge in [-0.05, 0) is 32.8 Å². The molecule has 2 amide bonds. The highest BCUT2D eigenvalue weighted by molar-refractivity contribution is 8.00. The number of amides is 2. The molecule has 2 aliphatic heterocycles. The van der Waals surface area contributed by atoms with Gasteiger partial charge < -0.3 is 15.0 Å². The number of rotatable bonds is 4. The number of carbonyl (C=O) groups excluding carboxylic acids is 3. The quantitative estimate of drug-likeness (QED) is 0.814. The van der Waals surface area contributed by atoms with E-state index in [4.69, 9.17) is 4.74 Å². The first-order valence-electron chi connectivity index (χ1n) is 8.72. The van der Waals surface area contributed by atoms with Crippen molar-refractivity contribution in [2.24, 2.45) is 0 Å². The average Bonchev–Trinajstić information content (AvgIpc) is 3.12. The SMILES string of the molecule is CC(C)(C)NC(=O)COC(=O)[C@H]1CS[C@@]2(c3ccccc3)CCC(=O)N12. The molecule has 2 fully saturated rings. The molecule has 1 N–H and O–H groups in total. The van der Waals surface area contributed by atoms with Crippen LogP contribution in [0.25, 0.3) is 0 Å². The smallest absolute Gasteiger partial charge is 0.330 e. The number of ether oxygens (including phenoxy) is 1. The van der Waals surface area contributed by atoms with Crippen molar-refractivity contribution in [1.82, 2.24) is 10.2 Å². The Balaban J connectivity index is 1.71. The Kier molecular flexibility index (Phi) is 5.01. The molecule has 1 aromatic carbocycles. The van der Waals surface area contributed by atoms with Crippen molar-refractivity contribution in [3.05, 3.63) is 35.9 Å². The fraction of sp³-hybridized carbons (Fsp3) is 0.526. The van der Waals surface area contributed by atoms with Gasteiger partial charge in [-0.15, -0.1) is 11.8 Å². The zero-order chi connectivity index (χ0) is 18.9. The summed E-state index contributed by atoms with van der Waals surface area (Å²) in [5, 5.41) is 2.75. The van der Waals surface area contributed by atoms with E-state index >= 15 is 0 Å². The number of thioether (sulfide) groups is 1. The minimum Gasteiger partial charge on any atom is -0.454 e. The van der Waals surface area contributed by atoms with Gasteiger partial charge in [-0.1, -0.05) is 30.3 Å². The number of carbonyl (C=O) groups is 3. The molecule has 2 heterocycles. The number of hydrogen-bond donors (Lipinski definition) is 1. The Morgan fingerprint density at radius 1 is 1.31 bits per heavy atom. The second-order valence-electron chi connectivity index (χ2n) is 7.65. The van der Waals surface area contributed by atoms with E-state index < -0.39 is 16.9 Å². The first-order chi connectivity index (χ1) is 12.2. The third-order valence-electron chi connectivity index (χ3n) is 4.48. The van der Waals surface area contributed by atoms with Gasteiger partial charge in [0.2, 0.25) is 5.91 Å². The van der Waals surface area contributed by atoms with E-state index in [1.54, 1.807) is 16.7 Å². The minimum absolute atomic E-state index is 0.0417. The number of nitrogens with one attached hydrogen (secondary N) is 1. The summed E-state index contributed by atoms with van der Waals surface area (Å²) in [7, 11) is 0. The number of nitrogens with zero attached hydrogens (tertiary/aromatic N) is 1. The van der Waals surface area contributed by atoms with Gasteiger partial charge in [0.05, 0.1) is 0 Å². The highest BCUT2D eigenvalue weighted by Gasteiger charge is 2.57. The van der Waals surface area contributed by atoms with Gasteiger partial charge >= 0.3 is 5.97 Å². The fourth-order valence-electron chi connectivity index (χ4n) is 3.50. The molecule has 0 spiro atoms. The summed E-state index contributed by atoms with van der Waals surface area (Å²) < 4.78 is 5.21. The van der Waals surface area contributed by atoms with E-state index in [2.05, 4.69) is 5.32 Å². The predicted molar refractivity (Wildman–Crippen MR) is 99.3 cm³/mol. The summed E-state index contributed by atoms with van der Waals surface area (Å²) in [4.78, 5) is 38.1. The van der Waals surface area contributed by atoms with Crippen LogP contribution in [-0.4, -0.2) is 46.6 Å². The fourth-order valence-corrected chi connectivity index (χ4v) is 5.14. The molecule has 6 nitrogen and oxygen atoms in total. The van der Waals surface area contributed by atoms with Crippen LogP contribution >= 0.6 is 11.8 Å². The molecular formula is C19H24N2O4S. The van der Waals surface area contributed by atoms with Crippen LogP contribution in [0.4, 0.5) is 0 Å². The molecule has 0 aromatic heterocycles. The van der Waals surface area contributed by atoms with E-state index in [0.29, 0.717) is 18.6 Å². The van der Waals surface area contributed by atoms with Crippen molar-refractivity contribution in [2.75, 3.05) is 12.4 Å². The first-order valence-corrected chi connectivity index (χ1v) is 9.71. The lowest BCUT2D eigenvalue weighted by atomic mass is 10.0.